The molecule has 1 rings (SSSR count). The van der Waals surface area contributed by atoms with Crippen LogP contribution in [0.15, 0.2) is 0 Å². The second-order valence-corrected chi connectivity index (χ2v) is 4.88. The Morgan fingerprint density at radius 3 is 2.00 bits per heavy atom. The molecule has 0 N–H and O–H groups in total. The maximum absolute atomic E-state index is 11.1. The van der Waals surface area contributed by atoms with Gasteiger partial charge in [-0.2, -0.15) is 0 Å². The first kappa shape index (κ1) is 15.9. The lowest BCUT2D eigenvalue weighted by molar-refractivity contribution is -0.165. The van der Waals surface area contributed by atoms with Gasteiger partial charge in [0.25, 0.3) is 0 Å². The van der Waals surface area contributed by atoms with Crippen LogP contribution in [0.5, 0.6) is 0 Å². The highest BCUT2D eigenvalue weighted by atomic mass is 79.9. The Labute approximate surface area is 118 Å². The maximum Gasteiger partial charge on any atom is 0.303 e. The molecule has 19 heavy (non-hydrogen) atoms. The van der Waals surface area contributed by atoms with Gasteiger partial charge in [0.1, 0.15) is 12.7 Å². The van der Waals surface area contributed by atoms with Gasteiger partial charge in [-0.1, -0.05) is 15.9 Å². The Hall–Kier alpha value is -1.15. The van der Waals surface area contributed by atoms with Gasteiger partial charge >= 0.3 is 17.9 Å². The molecule has 0 radical (unpaired) electrons. The van der Waals surface area contributed by atoms with Gasteiger partial charge in [0.2, 0.25) is 0 Å². The Balaban J connectivity index is 2.76. The Kier molecular flexibility index (Phi) is 5.74. The number of esters is 3. The van der Waals surface area contributed by atoms with Crippen molar-refractivity contribution in [2.75, 3.05) is 6.61 Å². The summed E-state index contributed by atoms with van der Waals surface area (Å²) in [5.74, 6) is -1.55. The van der Waals surface area contributed by atoms with Gasteiger partial charge in [-0.25, -0.2) is 0 Å². The largest absolute Gasteiger partial charge is 0.463 e. The highest BCUT2D eigenvalue weighted by Gasteiger charge is 2.48. The van der Waals surface area contributed by atoms with Gasteiger partial charge < -0.3 is 18.9 Å². The predicted molar refractivity (Wildman–Crippen MR) is 65.3 cm³/mol. The molecule has 0 saturated carbocycles. The number of halogens is 1. The van der Waals surface area contributed by atoms with Crippen LogP contribution >= 0.6 is 15.9 Å². The maximum atomic E-state index is 11.1. The first-order valence-electron chi connectivity index (χ1n) is 5.58. The minimum Gasteiger partial charge on any atom is -0.463 e. The number of rotatable bonds is 4. The average Bonchev–Trinajstić information content (AvgIpc) is 2.53. The fourth-order valence-corrected chi connectivity index (χ4v) is 2.35. The summed E-state index contributed by atoms with van der Waals surface area (Å²) in [5, 5.41) is -0.638. The first-order valence-corrected chi connectivity index (χ1v) is 6.50. The van der Waals surface area contributed by atoms with E-state index >= 15 is 0 Å². The minimum atomic E-state index is -0.829. The summed E-state index contributed by atoms with van der Waals surface area (Å²) in [4.78, 5) is 32.9. The Bertz CT molecular complexity index is 370. The van der Waals surface area contributed by atoms with E-state index in [4.69, 9.17) is 18.9 Å². The summed E-state index contributed by atoms with van der Waals surface area (Å²) in [6.07, 6.45) is -2.31. The second kappa shape index (κ2) is 6.85. The third-order valence-corrected chi connectivity index (χ3v) is 3.05. The number of ether oxygens (including phenoxy) is 4. The molecule has 8 heteroatoms. The molecule has 1 fully saturated rings. The second-order valence-electron chi connectivity index (χ2n) is 3.98. The van der Waals surface area contributed by atoms with Gasteiger partial charge in [0.15, 0.2) is 17.2 Å². The molecule has 0 aliphatic carbocycles. The standard InChI is InChI=1S/C11H15BrO7/c1-5(13)16-4-8-9(17-6(2)14)10(11(12)19-8)18-7(3)15/h8-11H,4H2,1-3H3/t8-,9+,10?,11?/m1/s1. The number of alkyl halides is 1. The predicted octanol–water partition coefficient (Wildman–Crippen LogP) is 0.533. The Morgan fingerprint density at radius 1 is 1.00 bits per heavy atom. The molecule has 1 aliphatic rings. The lowest BCUT2D eigenvalue weighted by atomic mass is 10.1. The van der Waals surface area contributed by atoms with Crippen LogP contribution in [-0.4, -0.2) is 47.8 Å². The SMILES string of the molecule is CC(=O)OC[C@H]1OC(Br)C(OC(C)=O)[C@H]1OC(C)=O. The molecular formula is C11H15BrO7. The van der Waals surface area contributed by atoms with Crippen molar-refractivity contribution in [1.29, 1.82) is 0 Å². The van der Waals surface area contributed by atoms with Crippen LogP contribution in [0.2, 0.25) is 0 Å². The van der Waals surface area contributed by atoms with Crippen molar-refractivity contribution in [2.45, 2.75) is 44.1 Å². The van der Waals surface area contributed by atoms with Crippen molar-refractivity contribution in [3.05, 3.63) is 0 Å². The first-order chi connectivity index (χ1) is 8.81. The van der Waals surface area contributed by atoms with E-state index in [0.717, 1.165) is 0 Å². The molecule has 1 aliphatic heterocycles. The molecule has 2 unspecified atom stereocenters. The molecule has 0 bridgehead atoms. The highest BCUT2D eigenvalue weighted by Crippen LogP contribution is 2.30. The van der Waals surface area contributed by atoms with Crippen molar-refractivity contribution in [2.24, 2.45) is 0 Å². The van der Waals surface area contributed by atoms with Crippen LogP contribution in [-0.2, 0) is 33.3 Å². The summed E-state index contributed by atoms with van der Waals surface area (Å²) in [6.45, 7) is 3.64. The van der Waals surface area contributed by atoms with Crippen LogP contribution in [0.3, 0.4) is 0 Å². The third kappa shape index (κ3) is 4.79. The highest BCUT2D eigenvalue weighted by molar-refractivity contribution is 9.09. The zero-order chi connectivity index (χ0) is 14.6. The van der Waals surface area contributed by atoms with E-state index in [1.54, 1.807) is 0 Å². The number of carbonyl (C=O) groups is 3. The van der Waals surface area contributed by atoms with Gasteiger partial charge in [-0.3, -0.25) is 14.4 Å². The molecule has 108 valence electrons. The Morgan fingerprint density at radius 2 is 1.53 bits per heavy atom. The van der Waals surface area contributed by atoms with E-state index in [9.17, 15) is 14.4 Å². The van der Waals surface area contributed by atoms with Gasteiger partial charge in [0, 0.05) is 20.8 Å². The minimum absolute atomic E-state index is 0.0901. The van der Waals surface area contributed by atoms with Gasteiger partial charge in [0.05, 0.1) is 0 Å². The van der Waals surface area contributed by atoms with Crippen molar-refractivity contribution in [3.63, 3.8) is 0 Å². The van der Waals surface area contributed by atoms with Crippen LogP contribution in [0.25, 0.3) is 0 Å². The van der Waals surface area contributed by atoms with Gasteiger partial charge in [-0.05, 0) is 0 Å². The lowest BCUT2D eigenvalue weighted by Crippen LogP contribution is -2.40. The van der Waals surface area contributed by atoms with E-state index in [0.29, 0.717) is 0 Å². The number of carbonyl (C=O) groups excluding carboxylic acids is 3. The zero-order valence-corrected chi connectivity index (χ0v) is 12.3. The molecular weight excluding hydrogens is 324 g/mol. The van der Waals surface area contributed by atoms with Crippen molar-refractivity contribution >= 4 is 33.8 Å². The molecule has 0 aromatic rings. The van der Waals surface area contributed by atoms with E-state index in [1.807, 2.05) is 0 Å². The number of hydrogen-bond donors (Lipinski definition) is 0. The third-order valence-electron chi connectivity index (χ3n) is 2.31. The lowest BCUT2D eigenvalue weighted by Gasteiger charge is -2.22. The van der Waals surface area contributed by atoms with E-state index < -0.39 is 41.2 Å². The van der Waals surface area contributed by atoms with Crippen LogP contribution < -0.4 is 0 Å². The molecule has 1 saturated heterocycles. The molecule has 0 amide bonds. The summed E-state index contributed by atoms with van der Waals surface area (Å²) in [7, 11) is 0. The van der Waals surface area contributed by atoms with Crippen LogP contribution in [0.4, 0.5) is 0 Å². The fourth-order valence-electron chi connectivity index (χ4n) is 1.66. The van der Waals surface area contributed by atoms with E-state index in [1.165, 1.54) is 20.8 Å². The smallest absolute Gasteiger partial charge is 0.303 e. The number of hydrogen-bond acceptors (Lipinski definition) is 7. The van der Waals surface area contributed by atoms with Crippen molar-refractivity contribution in [1.82, 2.24) is 0 Å². The van der Waals surface area contributed by atoms with Crippen molar-refractivity contribution < 1.29 is 33.3 Å². The van der Waals surface area contributed by atoms with Crippen LogP contribution in [0, 0.1) is 0 Å². The van der Waals surface area contributed by atoms with E-state index in [-0.39, 0.29) is 6.61 Å². The molecule has 7 nitrogen and oxygen atoms in total. The van der Waals surface area contributed by atoms with Gasteiger partial charge in [-0.15, -0.1) is 0 Å². The summed E-state index contributed by atoms with van der Waals surface area (Å²) < 4.78 is 20.4. The molecule has 0 aromatic carbocycles. The quantitative estimate of drug-likeness (QED) is 0.419. The molecule has 4 atom stereocenters. The monoisotopic (exact) mass is 338 g/mol. The summed E-state index contributed by atoms with van der Waals surface area (Å²) >= 11 is 3.18. The summed E-state index contributed by atoms with van der Waals surface area (Å²) in [6, 6.07) is 0. The molecule has 0 spiro atoms. The summed E-state index contributed by atoms with van der Waals surface area (Å²) in [5.41, 5.74) is 0. The topological polar surface area (TPSA) is 88.1 Å². The molecule has 1 heterocycles. The fraction of sp³-hybridized carbons (Fsp3) is 0.727. The normalized spacial score (nSPS) is 29.7. The van der Waals surface area contributed by atoms with E-state index in [2.05, 4.69) is 15.9 Å². The molecule has 0 aromatic heterocycles. The van der Waals surface area contributed by atoms with Crippen LogP contribution in [0.1, 0.15) is 20.8 Å². The zero-order valence-electron chi connectivity index (χ0n) is 10.8. The average molecular weight is 339 g/mol. The van der Waals surface area contributed by atoms with Crippen molar-refractivity contribution in [3.8, 4) is 0 Å².